The highest BCUT2D eigenvalue weighted by molar-refractivity contribution is 7.98. The zero-order valence-corrected chi connectivity index (χ0v) is 9.88. The van der Waals surface area contributed by atoms with Gasteiger partial charge in [-0.2, -0.15) is 0 Å². The van der Waals surface area contributed by atoms with Crippen molar-refractivity contribution in [1.82, 2.24) is 0 Å². The number of hydrogen-bond acceptors (Lipinski definition) is 4. The summed E-state index contributed by atoms with van der Waals surface area (Å²) in [6.45, 7) is 1.78. The molecule has 1 aromatic carbocycles. The van der Waals surface area contributed by atoms with Crippen LogP contribution in [-0.4, -0.2) is 23.9 Å². The molecule has 3 nitrogen and oxygen atoms in total. The first kappa shape index (κ1) is 13.0. The minimum Gasteiger partial charge on any atom is -0.464 e. The molecule has 1 unspecified atom stereocenters. The predicted molar refractivity (Wildman–Crippen MR) is 59.8 cm³/mol. The highest BCUT2D eigenvalue weighted by Gasteiger charge is 2.24. The summed E-state index contributed by atoms with van der Waals surface area (Å²) in [4.78, 5) is 11.8. The van der Waals surface area contributed by atoms with Crippen molar-refractivity contribution in [1.29, 1.82) is 0 Å². The number of carbonyl (C=O) groups excluding carboxylic acids is 1. The van der Waals surface area contributed by atoms with Crippen LogP contribution in [-0.2, 0) is 9.53 Å². The minimum absolute atomic E-state index is 0.0200. The Balaban J connectivity index is 3.06. The summed E-state index contributed by atoms with van der Waals surface area (Å²) in [5.74, 6) is -1.43. The van der Waals surface area contributed by atoms with Gasteiger partial charge in [-0.15, -0.1) is 11.8 Å². The molecule has 1 atom stereocenters. The number of carbonyl (C=O) groups is 1. The molecule has 0 aliphatic heterocycles. The number of esters is 1. The first-order chi connectivity index (χ1) is 7.61. The van der Waals surface area contributed by atoms with Gasteiger partial charge in [0.25, 0.3) is 0 Å². The van der Waals surface area contributed by atoms with Crippen molar-refractivity contribution >= 4 is 17.7 Å². The van der Waals surface area contributed by atoms with Crippen molar-refractivity contribution in [3.63, 3.8) is 0 Å². The number of rotatable bonds is 4. The van der Waals surface area contributed by atoms with Gasteiger partial charge in [0.05, 0.1) is 6.61 Å². The summed E-state index contributed by atoms with van der Waals surface area (Å²) in [5, 5.41) is 9.69. The number of halogens is 1. The number of aliphatic hydroxyl groups is 1. The highest BCUT2D eigenvalue weighted by Crippen LogP contribution is 2.29. The van der Waals surface area contributed by atoms with Crippen LogP contribution in [0, 0.1) is 5.82 Å². The van der Waals surface area contributed by atoms with E-state index < -0.39 is 17.9 Å². The first-order valence-electron chi connectivity index (χ1n) is 4.78. The van der Waals surface area contributed by atoms with Crippen molar-refractivity contribution in [3.8, 4) is 0 Å². The van der Waals surface area contributed by atoms with Crippen molar-refractivity contribution in [2.24, 2.45) is 0 Å². The summed E-state index contributed by atoms with van der Waals surface area (Å²) < 4.78 is 18.2. The zero-order chi connectivity index (χ0) is 12.1. The fourth-order valence-electron chi connectivity index (χ4n) is 1.30. The second-order valence-corrected chi connectivity index (χ2v) is 3.86. The monoisotopic (exact) mass is 244 g/mol. The van der Waals surface area contributed by atoms with Crippen LogP contribution in [0.3, 0.4) is 0 Å². The van der Waals surface area contributed by atoms with Gasteiger partial charge in [0.15, 0.2) is 6.10 Å². The van der Waals surface area contributed by atoms with Gasteiger partial charge in [-0.05, 0) is 25.3 Å². The van der Waals surface area contributed by atoms with E-state index in [1.54, 1.807) is 19.2 Å². The van der Waals surface area contributed by atoms with E-state index in [-0.39, 0.29) is 12.2 Å². The smallest absolute Gasteiger partial charge is 0.339 e. The Morgan fingerprint density at radius 3 is 2.88 bits per heavy atom. The minimum atomic E-state index is -1.57. The van der Waals surface area contributed by atoms with Gasteiger partial charge in [-0.1, -0.05) is 6.07 Å². The van der Waals surface area contributed by atoms with Crippen molar-refractivity contribution in [2.45, 2.75) is 17.9 Å². The van der Waals surface area contributed by atoms with Gasteiger partial charge in [-0.25, -0.2) is 9.18 Å². The summed E-state index contributed by atoms with van der Waals surface area (Å²) >= 11 is 1.27. The van der Waals surface area contributed by atoms with E-state index in [0.717, 1.165) is 0 Å². The Morgan fingerprint density at radius 1 is 1.62 bits per heavy atom. The van der Waals surface area contributed by atoms with E-state index in [0.29, 0.717) is 4.90 Å². The molecule has 0 saturated heterocycles. The Bertz CT molecular complexity index is 381. The van der Waals surface area contributed by atoms with E-state index in [2.05, 4.69) is 4.74 Å². The van der Waals surface area contributed by atoms with Crippen molar-refractivity contribution in [3.05, 3.63) is 29.6 Å². The van der Waals surface area contributed by atoms with Gasteiger partial charge in [0.2, 0.25) is 0 Å². The SMILES string of the molecule is CCOC(=O)C(O)c1c(F)cccc1SC. The molecule has 0 amide bonds. The number of benzene rings is 1. The molecule has 0 saturated carbocycles. The quantitative estimate of drug-likeness (QED) is 0.651. The molecule has 0 radical (unpaired) electrons. The van der Waals surface area contributed by atoms with Gasteiger partial charge in [0.1, 0.15) is 5.82 Å². The third kappa shape index (κ3) is 2.74. The lowest BCUT2D eigenvalue weighted by molar-refractivity contribution is -0.153. The van der Waals surface area contributed by atoms with Gasteiger partial charge >= 0.3 is 5.97 Å². The van der Waals surface area contributed by atoms with Gasteiger partial charge in [-0.3, -0.25) is 0 Å². The maximum atomic E-state index is 13.5. The Hall–Kier alpha value is -1.07. The average molecular weight is 244 g/mol. The van der Waals surface area contributed by atoms with Crippen LogP contribution in [0.2, 0.25) is 0 Å². The highest BCUT2D eigenvalue weighted by atomic mass is 32.2. The van der Waals surface area contributed by atoms with Gasteiger partial charge in [0, 0.05) is 10.5 Å². The lowest BCUT2D eigenvalue weighted by atomic mass is 10.1. The molecule has 5 heteroatoms. The van der Waals surface area contributed by atoms with Crippen molar-refractivity contribution in [2.75, 3.05) is 12.9 Å². The Morgan fingerprint density at radius 2 is 2.31 bits per heavy atom. The third-order valence-corrected chi connectivity index (χ3v) is 2.81. The number of hydrogen-bond donors (Lipinski definition) is 1. The molecule has 1 N–H and O–H groups in total. The summed E-state index contributed by atoms with van der Waals surface area (Å²) in [6, 6.07) is 4.38. The molecule has 0 bridgehead atoms. The maximum Gasteiger partial charge on any atom is 0.339 e. The molecule has 0 spiro atoms. The lowest BCUT2D eigenvalue weighted by Gasteiger charge is -2.13. The van der Waals surface area contributed by atoms with Crippen LogP contribution in [0.1, 0.15) is 18.6 Å². The van der Waals surface area contributed by atoms with Crippen LogP contribution in [0.5, 0.6) is 0 Å². The fourth-order valence-corrected chi connectivity index (χ4v) is 1.94. The molecular formula is C11H13FO3S. The molecular weight excluding hydrogens is 231 g/mol. The standard InChI is InChI=1S/C11H13FO3S/c1-3-15-11(14)10(13)9-7(12)5-4-6-8(9)16-2/h4-6,10,13H,3H2,1-2H3. The van der Waals surface area contributed by atoms with E-state index >= 15 is 0 Å². The van der Waals surface area contributed by atoms with E-state index in [4.69, 9.17) is 0 Å². The van der Waals surface area contributed by atoms with Crippen molar-refractivity contribution < 1.29 is 19.0 Å². The van der Waals surface area contributed by atoms with Crippen LogP contribution >= 0.6 is 11.8 Å². The lowest BCUT2D eigenvalue weighted by Crippen LogP contribution is -2.17. The summed E-state index contributed by atoms with van der Waals surface area (Å²) in [5.41, 5.74) is -0.0200. The Kier molecular flexibility index (Phi) is 4.76. The maximum absolute atomic E-state index is 13.5. The molecule has 0 aliphatic rings. The topological polar surface area (TPSA) is 46.5 Å². The molecule has 1 rings (SSSR count). The molecule has 16 heavy (non-hydrogen) atoms. The number of aliphatic hydroxyl groups excluding tert-OH is 1. The fraction of sp³-hybridized carbons (Fsp3) is 0.364. The van der Waals surface area contributed by atoms with E-state index in [1.807, 2.05) is 0 Å². The second-order valence-electron chi connectivity index (χ2n) is 3.01. The second kappa shape index (κ2) is 5.86. The largest absolute Gasteiger partial charge is 0.464 e. The van der Waals surface area contributed by atoms with E-state index in [1.165, 1.54) is 23.9 Å². The molecule has 0 heterocycles. The third-order valence-electron chi connectivity index (χ3n) is 2.02. The number of ether oxygens (including phenoxy) is 1. The predicted octanol–water partition coefficient (Wildman–Crippen LogP) is 2.14. The van der Waals surface area contributed by atoms with Crippen LogP contribution in [0.25, 0.3) is 0 Å². The van der Waals surface area contributed by atoms with Crippen LogP contribution in [0.4, 0.5) is 4.39 Å². The molecule has 0 aromatic heterocycles. The average Bonchev–Trinajstić information content (AvgIpc) is 2.28. The van der Waals surface area contributed by atoms with Gasteiger partial charge < -0.3 is 9.84 Å². The normalized spacial score (nSPS) is 12.2. The van der Waals surface area contributed by atoms with E-state index in [9.17, 15) is 14.3 Å². The molecule has 0 aliphatic carbocycles. The summed E-state index contributed by atoms with van der Waals surface area (Å²) in [6.07, 6.45) is 0.180. The van der Waals surface area contributed by atoms with Crippen LogP contribution < -0.4 is 0 Å². The number of thioether (sulfide) groups is 1. The molecule has 0 fully saturated rings. The molecule has 88 valence electrons. The zero-order valence-electron chi connectivity index (χ0n) is 9.07. The molecule has 1 aromatic rings. The van der Waals surface area contributed by atoms with Crippen LogP contribution in [0.15, 0.2) is 23.1 Å². The first-order valence-corrected chi connectivity index (χ1v) is 6.01. The Labute approximate surface area is 97.6 Å². The summed E-state index contributed by atoms with van der Waals surface area (Å²) in [7, 11) is 0.